The van der Waals surface area contributed by atoms with E-state index in [1.165, 1.54) is 6.07 Å². The molecule has 1 aromatic rings. The summed E-state index contributed by atoms with van der Waals surface area (Å²) in [5.74, 6) is 0.925. The topological polar surface area (TPSA) is 50.4 Å². The fourth-order valence-corrected chi connectivity index (χ4v) is 2.09. The second-order valence-electron chi connectivity index (χ2n) is 4.36. The van der Waals surface area contributed by atoms with Crippen molar-refractivity contribution in [3.8, 4) is 0 Å². The van der Waals surface area contributed by atoms with Gasteiger partial charge in [0.15, 0.2) is 5.96 Å². The maximum Gasteiger partial charge on any atom is 0.189 e. The highest BCUT2D eigenvalue weighted by Gasteiger charge is 2.03. The Bertz CT molecular complexity index is 472. The average molecular weight is 281 g/mol. The summed E-state index contributed by atoms with van der Waals surface area (Å²) < 4.78 is 13.2. The van der Waals surface area contributed by atoms with E-state index in [1.807, 2.05) is 13.2 Å². The van der Waals surface area contributed by atoms with Crippen LogP contribution in [0.15, 0.2) is 35.3 Å². The largest absolute Gasteiger partial charge is 0.370 e. The van der Waals surface area contributed by atoms with Crippen LogP contribution in [0.25, 0.3) is 0 Å². The predicted octanol–water partition coefficient (Wildman–Crippen LogP) is 2.67. The number of nitrogens with one attached hydrogen (secondary N) is 1. The molecule has 0 aliphatic carbocycles. The highest BCUT2D eigenvalue weighted by atomic mass is 32.2. The van der Waals surface area contributed by atoms with E-state index < -0.39 is 0 Å². The lowest BCUT2D eigenvalue weighted by Crippen LogP contribution is -2.32. The molecule has 104 valence electrons. The molecule has 0 unspecified atom stereocenters. The highest BCUT2D eigenvalue weighted by molar-refractivity contribution is 7.97. The molecule has 0 heterocycles. The first kappa shape index (κ1) is 15.6. The zero-order chi connectivity index (χ0) is 14.3. The van der Waals surface area contributed by atoms with Crippen molar-refractivity contribution in [2.45, 2.75) is 19.2 Å². The molecule has 0 atom stereocenters. The summed E-state index contributed by atoms with van der Waals surface area (Å²) in [4.78, 5) is 4.25. The molecular weight excluding hydrogens is 261 g/mol. The molecule has 1 aromatic carbocycles. The summed E-state index contributed by atoms with van der Waals surface area (Å²) in [5.41, 5.74) is 8.69. The number of hydrogen-bond donors (Lipinski definition) is 2. The maximum atomic E-state index is 13.2. The van der Waals surface area contributed by atoms with Gasteiger partial charge >= 0.3 is 0 Å². The van der Waals surface area contributed by atoms with Crippen LogP contribution < -0.4 is 11.1 Å². The van der Waals surface area contributed by atoms with Gasteiger partial charge in [0.2, 0.25) is 0 Å². The molecule has 1 rings (SSSR count). The molecule has 0 spiro atoms. The van der Waals surface area contributed by atoms with Crippen molar-refractivity contribution in [3.63, 3.8) is 0 Å². The zero-order valence-electron chi connectivity index (χ0n) is 11.4. The lowest BCUT2D eigenvalue weighted by atomic mass is 10.1. The Morgan fingerprint density at radius 1 is 1.47 bits per heavy atom. The van der Waals surface area contributed by atoms with E-state index in [0.717, 1.165) is 22.5 Å². The minimum atomic E-state index is -0.217. The summed E-state index contributed by atoms with van der Waals surface area (Å²) in [5, 5.41) is 2.96. The van der Waals surface area contributed by atoms with Crippen LogP contribution in [0.5, 0.6) is 0 Å². The second kappa shape index (κ2) is 7.84. The average Bonchev–Trinajstić information content (AvgIpc) is 2.35. The summed E-state index contributed by atoms with van der Waals surface area (Å²) in [6, 6.07) is 4.77. The van der Waals surface area contributed by atoms with E-state index >= 15 is 0 Å². The Labute approximate surface area is 118 Å². The van der Waals surface area contributed by atoms with Gasteiger partial charge in [0, 0.05) is 12.3 Å². The van der Waals surface area contributed by atoms with Crippen molar-refractivity contribution in [1.82, 2.24) is 5.32 Å². The van der Waals surface area contributed by atoms with Crippen LogP contribution in [0.4, 0.5) is 4.39 Å². The van der Waals surface area contributed by atoms with Gasteiger partial charge in [-0.1, -0.05) is 18.2 Å². The Balaban J connectivity index is 2.70. The summed E-state index contributed by atoms with van der Waals surface area (Å²) >= 11 is 1.65. The first-order valence-corrected chi connectivity index (χ1v) is 7.36. The molecule has 0 saturated heterocycles. The van der Waals surface area contributed by atoms with Gasteiger partial charge < -0.3 is 11.1 Å². The molecule has 0 aromatic heterocycles. The highest BCUT2D eigenvalue weighted by Crippen LogP contribution is 2.17. The van der Waals surface area contributed by atoms with Crippen molar-refractivity contribution < 1.29 is 4.39 Å². The van der Waals surface area contributed by atoms with Crippen LogP contribution in [0, 0.1) is 5.82 Å². The van der Waals surface area contributed by atoms with Crippen LogP contribution in [0.1, 0.15) is 18.1 Å². The molecule has 0 saturated carbocycles. The Kier molecular flexibility index (Phi) is 6.42. The maximum absolute atomic E-state index is 13.2. The van der Waals surface area contributed by atoms with Gasteiger partial charge in [-0.3, -0.25) is 0 Å². The minimum Gasteiger partial charge on any atom is -0.370 e. The lowest BCUT2D eigenvalue weighted by molar-refractivity contribution is 0.625. The molecule has 0 fully saturated rings. The number of guanidine groups is 1. The van der Waals surface area contributed by atoms with Gasteiger partial charge in [0.05, 0.1) is 6.54 Å². The van der Waals surface area contributed by atoms with Gasteiger partial charge in [-0.05, 0) is 36.4 Å². The number of thioether (sulfide) groups is 1. The first-order chi connectivity index (χ1) is 9.02. The summed E-state index contributed by atoms with van der Waals surface area (Å²) in [6.45, 7) is 6.75. The molecule has 3 nitrogen and oxygen atoms in total. The van der Waals surface area contributed by atoms with E-state index in [-0.39, 0.29) is 5.82 Å². The minimum absolute atomic E-state index is 0.217. The van der Waals surface area contributed by atoms with Gasteiger partial charge in [0.1, 0.15) is 5.82 Å². The van der Waals surface area contributed by atoms with E-state index in [9.17, 15) is 4.39 Å². The summed E-state index contributed by atoms with van der Waals surface area (Å²) in [7, 11) is 0. The number of benzene rings is 1. The molecule has 0 aliphatic rings. The Morgan fingerprint density at radius 2 is 2.21 bits per heavy atom. The van der Waals surface area contributed by atoms with Gasteiger partial charge in [-0.25, -0.2) is 9.38 Å². The second-order valence-corrected chi connectivity index (χ2v) is 5.22. The van der Waals surface area contributed by atoms with Gasteiger partial charge in [-0.2, -0.15) is 11.8 Å². The normalized spacial score (nSPS) is 11.4. The Hall–Kier alpha value is -1.49. The molecule has 0 bridgehead atoms. The monoisotopic (exact) mass is 281 g/mol. The quantitative estimate of drug-likeness (QED) is 0.479. The number of hydrogen-bond acceptors (Lipinski definition) is 2. The number of aliphatic imine (C=N–C) groups is 1. The fourth-order valence-electron chi connectivity index (χ4n) is 1.51. The molecular formula is C14H20FN3S. The van der Waals surface area contributed by atoms with E-state index in [2.05, 4.69) is 16.9 Å². The van der Waals surface area contributed by atoms with Crippen LogP contribution in [0.2, 0.25) is 0 Å². The molecule has 3 N–H and O–H groups in total. The van der Waals surface area contributed by atoms with Crippen molar-refractivity contribution in [2.75, 3.05) is 12.8 Å². The first-order valence-electron chi connectivity index (χ1n) is 5.97. The smallest absolute Gasteiger partial charge is 0.189 e. The standard InChI is InChI=1S/C14H20FN3S/c1-10(2)7-17-14(16)18-8-11-4-5-13(15)6-12(11)9-19-3/h4-6H,1,7-9H2,2-3H3,(H3,16,17,18). The van der Waals surface area contributed by atoms with Crippen molar-refractivity contribution in [3.05, 3.63) is 47.3 Å². The van der Waals surface area contributed by atoms with Crippen LogP contribution >= 0.6 is 11.8 Å². The summed E-state index contributed by atoms with van der Waals surface area (Å²) in [6.07, 6.45) is 1.99. The molecule has 0 amide bonds. The number of rotatable bonds is 6. The SMILES string of the molecule is C=C(C)CNC(N)=NCc1ccc(F)cc1CSC. The van der Waals surface area contributed by atoms with Crippen LogP contribution in [0.3, 0.4) is 0 Å². The van der Waals surface area contributed by atoms with Crippen molar-refractivity contribution in [2.24, 2.45) is 10.7 Å². The van der Waals surface area contributed by atoms with Gasteiger partial charge in [-0.15, -0.1) is 0 Å². The number of halogens is 1. The number of nitrogens with two attached hydrogens (primary N) is 1. The van der Waals surface area contributed by atoms with Gasteiger partial charge in [0.25, 0.3) is 0 Å². The van der Waals surface area contributed by atoms with E-state index in [0.29, 0.717) is 19.0 Å². The number of nitrogens with zero attached hydrogens (tertiary/aromatic N) is 1. The van der Waals surface area contributed by atoms with E-state index in [4.69, 9.17) is 5.73 Å². The fraction of sp³-hybridized carbons (Fsp3) is 0.357. The Morgan fingerprint density at radius 3 is 2.84 bits per heavy atom. The molecule has 5 heteroatoms. The van der Waals surface area contributed by atoms with Crippen molar-refractivity contribution in [1.29, 1.82) is 0 Å². The molecule has 0 radical (unpaired) electrons. The molecule has 0 aliphatic heterocycles. The van der Waals surface area contributed by atoms with E-state index in [1.54, 1.807) is 23.9 Å². The molecule has 19 heavy (non-hydrogen) atoms. The third-order valence-electron chi connectivity index (χ3n) is 2.46. The van der Waals surface area contributed by atoms with Crippen LogP contribution in [-0.4, -0.2) is 18.8 Å². The third-order valence-corrected chi connectivity index (χ3v) is 3.06. The predicted molar refractivity (Wildman–Crippen MR) is 81.8 cm³/mol. The zero-order valence-corrected chi connectivity index (χ0v) is 12.2. The lowest BCUT2D eigenvalue weighted by Gasteiger charge is -2.08. The third kappa shape index (κ3) is 5.79. The van der Waals surface area contributed by atoms with Crippen LogP contribution in [-0.2, 0) is 12.3 Å². The van der Waals surface area contributed by atoms with Crippen molar-refractivity contribution >= 4 is 17.7 Å².